The summed E-state index contributed by atoms with van der Waals surface area (Å²) in [7, 11) is 0. The summed E-state index contributed by atoms with van der Waals surface area (Å²) in [5.74, 6) is 0.627. The Hall–Kier alpha value is -2.09. The van der Waals surface area contributed by atoms with Crippen LogP contribution in [0.3, 0.4) is 0 Å². The maximum absolute atomic E-state index is 4.48. The quantitative estimate of drug-likeness (QED) is 0.849. The molecule has 0 spiro atoms. The number of aromatic amines is 1. The van der Waals surface area contributed by atoms with Crippen LogP contribution in [0.25, 0.3) is 11.3 Å². The number of rotatable bonds is 5. The molecule has 0 aliphatic heterocycles. The van der Waals surface area contributed by atoms with Crippen LogP contribution in [0, 0.1) is 12.8 Å². The third kappa shape index (κ3) is 2.74. The first-order chi connectivity index (χ1) is 9.84. The van der Waals surface area contributed by atoms with E-state index in [1.54, 1.807) is 0 Å². The topological polar surface area (TPSA) is 28.7 Å². The number of hydrogen-bond donors (Lipinski definition) is 1. The molecule has 1 heterocycles. The van der Waals surface area contributed by atoms with Gasteiger partial charge in [-0.2, -0.15) is 5.10 Å². The Balaban J connectivity index is 1.71. The maximum Gasteiger partial charge on any atom is 0.0955 e. The number of aryl methyl sites for hydroxylation is 1. The van der Waals surface area contributed by atoms with Crippen LogP contribution < -0.4 is 0 Å². The first-order valence-electron chi connectivity index (χ1n) is 7.29. The standard InChI is InChI=1S/C18H20N2/c1-14-17(13-7-10-15-8-5-6-9-15)18(20-19-14)16-11-3-2-4-12-16/h2-6,8-9,11-12,15H,7,10,13H2,1H3,(H,19,20). The first-order valence-corrected chi connectivity index (χ1v) is 7.29. The van der Waals surface area contributed by atoms with Crippen molar-refractivity contribution in [3.05, 3.63) is 65.9 Å². The van der Waals surface area contributed by atoms with Crippen LogP contribution in [0.4, 0.5) is 0 Å². The van der Waals surface area contributed by atoms with E-state index in [0.29, 0.717) is 5.92 Å². The van der Waals surface area contributed by atoms with E-state index in [1.165, 1.54) is 29.7 Å². The van der Waals surface area contributed by atoms with Crippen molar-refractivity contribution < 1.29 is 0 Å². The highest BCUT2D eigenvalue weighted by molar-refractivity contribution is 5.63. The largest absolute Gasteiger partial charge is 0.282 e. The van der Waals surface area contributed by atoms with Gasteiger partial charge in [0.25, 0.3) is 0 Å². The lowest BCUT2D eigenvalue weighted by Crippen LogP contribution is -1.94. The zero-order chi connectivity index (χ0) is 13.8. The molecule has 0 amide bonds. The molecule has 1 aromatic carbocycles. The van der Waals surface area contributed by atoms with Gasteiger partial charge < -0.3 is 0 Å². The number of benzene rings is 1. The minimum absolute atomic E-state index is 0.627. The van der Waals surface area contributed by atoms with E-state index in [9.17, 15) is 0 Å². The van der Waals surface area contributed by atoms with Gasteiger partial charge >= 0.3 is 0 Å². The Morgan fingerprint density at radius 3 is 2.60 bits per heavy atom. The molecule has 2 aromatic rings. The van der Waals surface area contributed by atoms with E-state index in [4.69, 9.17) is 0 Å². The summed E-state index contributed by atoms with van der Waals surface area (Å²) in [6.45, 7) is 2.12. The summed E-state index contributed by atoms with van der Waals surface area (Å²) in [4.78, 5) is 0. The monoisotopic (exact) mass is 264 g/mol. The van der Waals surface area contributed by atoms with Crippen LogP contribution >= 0.6 is 0 Å². The number of aromatic nitrogens is 2. The molecule has 0 atom stereocenters. The highest BCUT2D eigenvalue weighted by atomic mass is 15.1. The maximum atomic E-state index is 4.48. The number of nitrogens with one attached hydrogen (secondary N) is 1. The molecule has 3 rings (SSSR count). The van der Waals surface area contributed by atoms with Crippen molar-refractivity contribution in [2.24, 2.45) is 5.92 Å². The van der Waals surface area contributed by atoms with Gasteiger partial charge in [0.1, 0.15) is 0 Å². The molecular formula is C18H20N2. The average Bonchev–Trinajstić information content (AvgIpc) is 3.11. The fraction of sp³-hybridized carbons (Fsp3) is 0.278. The minimum Gasteiger partial charge on any atom is -0.282 e. The fourth-order valence-electron chi connectivity index (χ4n) is 2.78. The van der Waals surface area contributed by atoms with Crippen LogP contribution in [0.2, 0.25) is 0 Å². The Morgan fingerprint density at radius 2 is 1.85 bits per heavy atom. The molecule has 0 bridgehead atoms. The molecule has 1 N–H and O–H groups in total. The molecule has 2 nitrogen and oxygen atoms in total. The summed E-state index contributed by atoms with van der Waals surface area (Å²) >= 11 is 0. The summed E-state index contributed by atoms with van der Waals surface area (Å²) < 4.78 is 0. The van der Waals surface area contributed by atoms with Gasteiger partial charge in [0.05, 0.1) is 5.69 Å². The van der Waals surface area contributed by atoms with Crippen LogP contribution in [0.1, 0.15) is 24.1 Å². The molecule has 1 aliphatic rings. The third-order valence-electron chi connectivity index (χ3n) is 3.91. The predicted molar refractivity (Wildman–Crippen MR) is 83.5 cm³/mol. The van der Waals surface area contributed by atoms with Crippen molar-refractivity contribution in [2.45, 2.75) is 26.2 Å². The van der Waals surface area contributed by atoms with Gasteiger partial charge in [-0.15, -0.1) is 0 Å². The highest BCUT2D eigenvalue weighted by Crippen LogP contribution is 2.26. The fourth-order valence-corrected chi connectivity index (χ4v) is 2.78. The number of hydrogen-bond acceptors (Lipinski definition) is 1. The lowest BCUT2D eigenvalue weighted by molar-refractivity contribution is 0.658. The van der Waals surface area contributed by atoms with Gasteiger partial charge in [-0.3, -0.25) is 5.10 Å². The molecule has 0 unspecified atom stereocenters. The number of nitrogens with zero attached hydrogens (tertiary/aromatic N) is 1. The lowest BCUT2D eigenvalue weighted by atomic mass is 9.98. The SMILES string of the molecule is Cc1[nH]nc(-c2ccccc2)c1CCCC1C=CC=C1. The van der Waals surface area contributed by atoms with Crippen LogP contribution in [-0.2, 0) is 6.42 Å². The van der Waals surface area contributed by atoms with Crippen LogP contribution in [-0.4, -0.2) is 10.2 Å². The van der Waals surface area contributed by atoms with E-state index in [1.807, 2.05) is 6.07 Å². The normalized spacial score (nSPS) is 14.2. The van der Waals surface area contributed by atoms with Crippen molar-refractivity contribution >= 4 is 0 Å². The summed E-state index contributed by atoms with van der Waals surface area (Å²) in [5.41, 5.74) is 4.87. The Labute approximate surface area is 120 Å². The number of allylic oxidation sites excluding steroid dienone is 4. The molecule has 1 aromatic heterocycles. The molecule has 0 fully saturated rings. The molecule has 2 heteroatoms. The third-order valence-corrected chi connectivity index (χ3v) is 3.91. The van der Waals surface area contributed by atoms with Crippen LogP contribution in [0.5, 0.6) is 0 Å². The van der Waals surface area contributed by atoms with Crippen LogP contribution in [0.15, 0.2) is 54.6 Å². The minimum atomic E-state index is 0.627. The van der Waals surface area contributed by atoms with Gasteiger partial charge in [-0.25, -0.2) is 0 Å². The average molecular weight is 264 g/mol. The van der Waals surface area contributed by atoms with Gasteiger partial charge in [-0.1, -0.05) is 54.6 Å². The van der Waals surface area contributed by atoms with E-state index in [2.05, 4.69) is 65.7 Å². The van der Waals surface area contributed by atoms with Gasteiger partial charge in [0, 0.05) is 16.8 Å². The molecular weight excluding hydrogens is 244 g/mol. The highest BCUT2D eigenvalue weighted by Gasteiger charge is 2.12. The van der Waals surface area contributed by atoms with Crippen molar-refractivity contribution in [3.63, 3.8) is 0 Å². The van der Waals surface area contributed by atoms with E-state index >= 15 is 0 Å². The Bertz CT molecular complexity index is 608. The molecule has 102 valence electrons. The first kappa shape index (κ1) is 12.9. The molecule has 0 saturated heterocycles. The summed E-state index contributed by atoms with van der Waals surface area (Å²) in [6.07, 6.45) is 12.3. The smallest absolute Gasteiger partial charge is 0.0955 e. The van der Waals surface area contributed by atoms with Gasteiger partial charge in [0.2, 0.25) is 0 Å². The zero-order valence-corrected chi connectivity index (χ0v) is 11.8. The van der Waals surface area contributed by atoms with E-state index in [0.717, 1.165) is 12.1 Å². The predicted octanol–water partition coefficient (Wildman–Crippen LogP) is 4.45. The zero-order valence-electron chi connectivity index (χ0n) is 11.8. The molecule has 0 saturated carbocycles. The Kier molecular flexibility index (Phi) is 3.82. The van der Waals surface area contributed by atoms with Gasteiger partial charge in [0.15, 0.2) is 0 Å². The second-order valence-electron chi connectivity index (χ2n) is 5.37. The van der Waals surface area contributed by atoms with E-state index in [-0.39, 0.29) is 0 Å². The molecule has 20 heavy (non-hydrogen) atoms. The Morgan fingerprint density at radius 1 is 1.10 bits per heavy atom. The van der Waals surface area contributed by atoms with Crippen molar-refractivity contribution in [2.75, 3.05) is 0 Å². The van der Waals surface area contributed by atoms with E-state index < -0.39 is 0 Å². The van der Waals surface area contributed by atoms with Crippen molar-refractivity contribution in [3.8, 4) is 11.3 Å². The molecule has 0 radical (unpaired) electrons. The lowest BCUT2D eigenvalue weighted by Gasteiger charge is -2.07. The number of H-pyrrole nitrogens is 1. The summed E-state index contributed by atoms with van der Waals surface area (Å²) in [6, 6.07) is 10.4. The summed E-state index contributed by atoms with van der Waals surface area (Å²) in [5, 5.41) is 7.62. The molecule has 1 aliphatic carbocycles. The second kappa shape index (κ2) is 5.91. The van der Waals surface area contributed by atoms with Crippen molar-refractivity contribution in [1.29, 1.82) is 0 Å². The van der Waals surface area contributed by atoms with Crippen molar-refractivity contribution in [1.82, 2.24) is 10.2 Å². The van der Waals surface area contributed by atoms with Gasteiger partial charge in [-0.05, 0) is 32.1 Å². The second-order valence-corrected chi connectivity index (χ2v) is 5.37.